The van der Waals surface area contributed by atoms with E-state index in [2.05, 4.69) is 10.6 Å². The number of ether oxygens (including phenoxy) is 1. The summed E-state index contributed by atoms with van der Waals surface area (Å²) < 4.78 is 6.99. The van der Waals surface area contributed by atoms with Crippen LogP contribution in [-0.4, -0.2) is 47.6 Å². The molecule has 2 fully saturated rings. The molecule has 2 aromatic rings. The minimum Gasteiger partial charge on any atom is -0.497 e. The van der Waals surface area contributed by atoms with Crippen molar-refractivity contribution in [2.24, 2.45) is 5.92 Å². The van der Waals surface area contributed by atoms with E-state index in [9.17, 15) is 14.4 Å². The monoisotopic (exact) mass is 464 g/mol. The summed E-state index contributed by atoms with van der Waals surface area (Å²) in [5.74, 6) is 1.04. The SMILES string of the molecule is COc1ccc(C(=O)N2C[C@@H]3C[C@H](C2)c2ccc(NC(=O)NC4CCCCC4)c(=O)n2C3)cc1. The van der Waals surface area contributed by atoms with Gasteiger partial charge < -0.3 is 24.8 Å². The van der Waals surface area contributed by atoms with Gasteiger partial charge in [0.05, 0.1) is 7.11 Å². The number of urea groups is 1. The van der Waals surface area contributed by atoms with Gasteiger partial charge in [0, 0.05) is 42.9 Å². The highest BCUT2D eigenvalue weighted by Crippen LogP contribution is 2.36. The van der Waals surface area contributed by atoms with Crippen LogP contribution in [0, 0.1) is 5.92 Å². The van der Waals surface area contributed by atoms with Crippen LogP contribution in [0.3, 0.4) is 0 Å². The highest BCUT2D eigenvalue weighted by molar-refractivity contribution is 5.94. The maximum Gasteiger partial charge on any atom is 0.319 e. The third-order valence-electron chi connectivity index (χ3n) is 7.42. The normalized spacial score (nSPS) is 22.0. The number of piperidine rings is 1. The fraction of sp³-hybridized carbons (Fsp3) is 0.500. The third-order valence-corrected chi connectivity index (χ3v) is 7.42. The van der Waals surface area contributed by atoms with Gasteiger partial charge in [0.15, 0.2) is 0 Å². The molecule has 3 amide bonds. The number of anilines is 1. The van der Waals surface area contributed by atoms with Gasteiger partial charge in [-0.3, -0.25) is 9.59 Å². The molecule has 2 N–H and O–H groups in total. The summed E-state index contributed by atoms with van der Waals surface area (Å²) >= 11 is 0. The van der Waals surface area contributed by atoms with Gasteiger partial charge in [-0.15, -0.1) is 0 Å². The number of nitrogens with zero attached hydrogens (tertiary/aromatic N) is 2. The number of hydrogen-bond donors (Lipinski definition) is 2. The first-order valence-electron chi connectivity index (χ1n) is 12.3. The van der Waals surface area contributed by atoms with E-state index in [0.29, 0.717) is 30.9 Å². The van der Waals surface area contributed by atoms with Crippen molar-refractivity contribution in [3.05, 3.63) is 58.0 Å². The molecule has 8 nitrogen and oxygen atoms in total. The Labute approximate surface area is 199 Å². The predicted octanol–water partition coefficient (Wildman–Crippen LogP) is 3.57. The molecule has 34 heavy (non-hydrogen) atoms. The second kappa shape index (κ2) is 9.52. The van der Waals surface area contributed by atoms with E-state index in [1.165, 1.54) is 6.42 Å². The maximum absolute atomic E-state index is 13.2. The number of pyridine rings is 1. The molecule has 1 saturated heterocycles. The van der Waals surface area contributed by atoms with Gasteiger partial charge in [-0.05, 0) is 61.6 Å². The van der Waals surface area contributed by atoms with Gasteiger partial charge in [0.2, 0.25) is 0 Å². The smallest absolute Gasteiger partial charge is 0.319 e. The van der Waals surface area contributed by atoms with Crippen molar-refractivity contribution in [1.82, 2.24) is 14.8 Å². The van der Waals surface area contributed by atoms with E-state index < -0.39 is 0 Å². The quantitative estimate of drug-likeness (QED) is 0.724. The number of carbonyl (C=O) groups is 2. The molecule has 0 radical (unpaired) electrons. The predicted molar refractivity (Wildman–Crippen MR) is 129 cm³/mol. The molecular formula is C26H32N4O4. The first-order valence-corrected chi connectivity index (χ1v) is 12.3. The van der Waals surface area contributed by atoms with Gasteiger partial charge in [-0.1, -0.05) is 19.3 Å². The van der Waals surface area contributed by atoms with E-state index in [-0.39, 0.29) is 35.4 Å². The second-order valence-corrected chi connectivity index (χ2v) is 9.76. The van der Waals surface area contributed by atoms with E-state index >= 15 is 0 Å². The number of methoxy groups -OCH3 is 1. The summed E-state index contributed by atoms with van der Waals surface area (Å²) in [5.41, 5.74) is 1.72. The van der Waals surface area contributed by atoms with Crippen LogP contribution in [0.15, 0.2) is 41.2 Å². The minimum absolute atomic E-state index is 0.00539. The number of amides is 3. The molecule has 3 heterocycles. The highest BCUT2D eigenvalue weighted by Gasteiger charge is 2.37. The van der Waals surface area contributed by atoms with Gasteiger partial charge in [-0.25, -0.2) is 4.79 Å². The van der Waals surface area contributed by atoms with Gasteiger partial charge in [0.1, 0.15) is 11.4 Å². The number of rotatable bonds is 4. The van der Waals surface area contributed by atoms with Crippen LogP contribution >= 0.6 is 0 Å². The summed E-state index contributed by atoms with van der Waals surface area (Å²) in [6.07, 6.45) is 6.43. The van der Waals surface area contributed by atoms with Crippen molar-refractivity contribution in [3.63, 3.8) is 0 Å². The summed E-state index contributed by atoms with van der Waals surface area (Å²) in [6.45, 7) is 1.75. The van der Waals surface area contributed by atoms with Crippen LogP contribution in [0.4, 0.5) is 10.5 Å². The number of carbonyl (C=O) groups excluding carboxylic acids is 2. The molecule has 8 heteroatoms. The Bertz CT molecular complexity index is 1120. The maximum atomic E-state index is 13.2. The molecule has 2 aliphatic heterocycles. The zero-order valence-corrected chi connectivity index (χ0v) is 19.6. The first-order chi connectivity index (χ1) is 16.5. The van der Waals surface area contributed by atoms with Crippen LogP contribution in [-0.2, 0) is 6.54 Å². The number of nitrogens with one attached hydrogen (secondary N) is 2. The van der Waals surface area contributed by atoms with Crippen LogP contribution in [0.5, 0.6) is 5.75 Å². The molecule has 0 spiro atoms. The number of aromatic nitrogens is 1. The number of likely N-dealkylation sites (tertiary alicyclic amines) is 1. The second-order valence-electron chi connectivity index (χ2n) is 9.76. The summed E-state index contributed by atoms with van der Waals surface area (Å²) in [7, 11) is 1.60. The lowest BCUT2D eigenvalue weighted by atomic mass is 9.83. The van der Waals surface area contributed by atoms with Crippen LogP contribution in [0.2, 0.25) is 0 Å². The van der Waals surface area contributed by atoms with E-state index in [0.717, 1.165) is 43.5 Å². The molecule has 1 aliphatic carbocycles. The summed E-state index contributed by atoms with van der Waals surface area (Å²) in [4.78, 5) is 40.7. The number of benzene rings is 1. The van der Waals surface area contributed by atoms with Crippen molar-refractivity contribution < 1.29 is 14.3 Å². The number of fused-ring (bicyclic) bond motifs is 4. The zero-order chi connectivity index (χ0) is 23.7. The van der Waals surface area contributed by atoms with Crippen molar-refractivity contribution in [3.8, 4) is 5.75 Å². The zero-order valence-electron chi connectivity index (χ0n) is 19.6. The van der Waals surface area contributed by atoms with Gasteiger partial charge in [0.25, 0.3) is 11.5 Å². The Balaban J connectivity index is 1.29. The van der Waals surface area contributed by atoms with Gasteiger partial charge in [-0.2, -0.15) is 0 Å². The van der Waals surface area contributed by atoms with Crippen molar-refractivity contribution in [2.75, 3.05) is 25.5 Å². The topological polar surface area (TPSA) is 92.7 Å². The van der Waals surface area contributed by atoms with Crippen molar-refractivity contribution in [2.45, 2.75) is 57.0 Å². The average molecular weight is 465 g/mol. The Kier molecular flexibility index (Phi) is 6.30. The molecule has 180 valence electrons. The lowest BCUT2D eigenvalue weighted by Gasteiger charge is -2.43. The van der Waals surface area contributed by atoms with Crippen LogP contribution < -0.4 is 20.9 Å². The summed E-state index contributed by atoms with van der Waals surface area (Å²) in [5, 5.41) is 5.78. The molecule has 1 aromatic carbocycles. The largest absolute Gasteiger partial charge is 0.497 e. The molecular weight excluding hydrogens is 432 g/mol. The lowest BCUT2D eigenvalue weighted by Crippen LogP contribution is -2.49. The molecule has 1 aromatic heterocycles. The molecule has 2 bridgehead atoms. The van der Waals surface area contributed by atoms with Crippen molar-refractivity contribution >= 4 is 17.6 Å². The Hall–Kier alpha value is -3.29. The van der Waals surface area contributed by atoms with E-state index in [1.807, 2.05) is 11.0 Å². The highest BCUT2D eigenvalue weighted by atomic mass is 16.5. The minimum atomic E-state index is -0.309. The Morgan fingerprint density at radius 1 is 0.971 bits per heavy atom. The number of hydrogen-bond acceptors (Lipinski definition) is 4. The standard InChI is InChI=1S/C26H32N4O4/c1-34-21-9-7-18(8-10-21)24(31)29-14-17-13-19(16-29)23-12-11-22(25(32)30(23)15-17)28-26(33)27-20-5-3-2-4-6-20/h7-12,17,19-20H,2-6,13-16H2,1H3,(H2,27,28,33)/t17-,19+/m0/s1. The van der Waals surface area contributed by atoms with Gasteiger partial charge >= 0.3 is 6.03 Å². The first kappa shape index (κ1) is 22.5. The lowest BCUT2D eigenvalue weighted by molar-refractivity contribution is 0.0594. The molecule has 3 aliphatic rings. The van der Waals surface area contributed by atoms with Crippen molar-refractivity contribution in [1.29, 1.82) is 0 Å². The fourth-order valence-electron chi connectivity index (χ4n) is 5.71. The molecule has 5 rings (SSSR count). The Morgan fingerprint density at radius 3 is 2.47 bits per heavy atom. The fourth-order valence-corrected chi connectivity index (χ4v) is 5.71. The molecule has 0 unspecified atom stereocenters. The van der Waals surface area contributed by atoms with Crippen LogP contribution in [0.25, 0.3) is 0 Å². The third kappa shape index (κ3) is 4.54. The molecule has 1 saturated carbocycles. The van der Waals surface area contributed by atoms with E-state index in [4.69, 9.17) is 4.74 Å². The summed E-state index contributed by atoms with van der Waals surface area (Å²) in [6, 6.07) is 10.7. The molecule has 2 atom stereocenters. The Morgan fingerprint density at radius 2 is 1.74 bits per heavy atom. The average Bonchev–Trinajstić information content (AvgIpc) is 2.86. The van der Waals surface area contributed by atoms with E-state index in [1.54, 1.807) is 42.0 Å². The van der Waals surface area contributed by atoms with Crippen LogP contribution in [0.1, 0.15) is 60.5 Å².